The third-order valence-corrected chi connectivity index (χ3v) is 1.26. The number of amides is 1. The first-order valence-corrected chi connectivity index (χ1v) is 3.54. The lowest BCUT2D eigenvalue weighted by Gasteiger charge is -2.11. The first-order chi connectivity index (χ1) is 4.59. The van der Waals surface area contributed by atoms with Crippen LogP contribution in [-0.4, -0.2) is 22.6 Å². The molecule has 0 N–H and O–H groups in total. The Morgan fingerprint density at radius 2 is 2.20 bits per heavy atom. The van der Waals surface area contributed by atoms with Gasteiger partial charge >= 0.3 is 0 Å². The summed E-state index contributed by atoms with van der Waals surface area (Å²) >= 11 is 10.3. The van der Waals surface area contributed by atoms with E-state index in [4.69, 9.17) is 28.3 Å². The van der Waals surface area contributed by atoms with Gasteiger partial charge in [0.15, 0.2) is 0 Å². The molecule has 1 unspecified atom stereocenters. The van der Waals surface area contributed by atoms with Gasteiger partial charge in [-0.3, -0.25) is 4.79 Å². The lowest BCUT2D eigenvalue weighted by molar-refractivity contribution is -0.134. The Morgan fingerprint density at radius 3 is 2.50 bits per heavy atom. The SMILES string of the molecule is CCOC(C)C(=O)N(Cl)Cl. The molecule has 0 aliphatic rings. The van der Waals surface area contributed by atoms with Gasteiger partial charge in [-0.05, 0) is 13.8 Å². The minimum Gasteiger partial charge on any atom is -0.369 e. The molecule has 0 fully saturated rings. The third kappa shape index (κ3) is 3.25. The molecule has 0 radical (unpaired) electrons. The number of carbonyl (C=O) groups is 1. The van der Waals surface area contributed by atoms with Gasteiger partial charge in [0.1, 0.15) is 6.10 Å². The van der Waals surface area contributed by atoms with Gasteiger partial charge in [0.05, 0.1) is 0 Å². The van der Waals surface area contributed by atoms with E-state index in [1.165, 1.54) is 0 Å². The van der Waals surface area contributed by atoms with Crippen molar-refractivity contribution in [3.05, 3.63) is 0 Å². The Morgan fingerprint density at radius 1 is 1.70 bits per heavy atom. The highest BCUT2D eigenvalue weighted by Crippen LogP contribution is 2.04. The van der Waals surface area contributed by atoms with Crippen LogP contribution in [0.4, 0.5) is 0 Å². The monoisotopic (exact) mass is 185 g/mol. The fraction of sp³-hybridized carbons (Fsp3) is 0.800. The van der Waals surface area contributed by atoms with Gasteiger partial charge in [0.25, 0.3) is 5.91 Å². The lowest BCUT2D eigenvalue weighted by atomic mass is 10.4. The maximum Gasteiger partial charge on any atom is 0.280 e. The van der Waals surface area contributed by atoms with Crippen molar-refractivity contribution in [3.8, 4) is 0 Å². The molecule has 1 amide bonds. The summed E-state index contributed by atoms with van der Waals surface area (Å²) in [4.78, 5) is 10.8. The van der Waals surface area contributed by atoms with Crippen LogP contribution in [0.1, 0.15) is 13.8 Å². The Balaban J connectivity index is 3.71. The summed E-state index contributed by atoms with van der Waals surface area (Å²) in [5, 5.41) is 0. The molecule has 0 aliphatic heterocycles. The van der Waals surface area contributed by atoms with Crippen LogP contribution in [0.25, 0.3) is 0 Å². The minimum absolute atomic E-state index is 0.454. The van der Waals surface area contributed by atoms with Gasteiger partial charge in [-0.1, -0.05) is 0 Å². The number of rotatable bonds is 3. The van der Waals surface area contributed by atoms with Crippen LogP contribution in [0.3, 0.4) is 0 Å². The van der Waals surface area contributed by atoms with Crippen molar-refractivity contribution < 1.29 is 9.53 Å². The van der Waals surface area contributed by atoms with Crippen molar-refractivity contribution in [2.24, 2.45) is 0 Å². The molecule has 5 heteroatoms. The van der Waals surface area contributed by atoms with Gasteiger partial charge in [-0.2, -0.15) is 3.94 Å². The summed E-state index contributed by atoms with van der Waals surface area (Å²) in [6.45, 7) is 3.84. The van der Waals surface area contributed by atoms with Gasteiger partial charge in [-0.25, -0.2) is 0 Å². The molecule has 60 valence electrons. The zero-order chi connectivity index (χ0) is 8.15. The van der Waals surface area contributed by atoms with E-state index in [0.29, 0.717) is 10.5 Å². The zero-order valence-electron chi connectivity index (χ0n) is 5.80. The predicted octanol–water partition coefficient (Wildman–Crippen LogP) is 1.55. The van der Waals surface area contributed by atoms with Crippen LogP contribution in [0.5, 0.6) is 0 Å². The number of carbonyl (C=O) groups excluding carboxylic acids is 1. The highest BCUT2D eigenvalue weighted by Gasteiger charge is 2.17. The lowest BCUT2D eigenvalue weighted by Crippen LogP contribution is -2.27. The summed E-state index contributed by atoms with van der Waals surface area (Å²) in [7, 11) is 0. The standard InChI is InChI=1S/C5H9Cl2NO2/c1-3-10-4(2)5(9)8(6)7/h4H,3H2,1-2H3. The molecule has 0 aliphatic carbocycles. The molecule has 0 bridgehead atoms. The second-order valence-electron chi connectivity index (χ2n) is 1.67. The number of halogens is 2. The van der Waals surface area contributed by atoms with Crippen molar-refractivity contribution >= 4 is 29.5 Å². The quantitative estimate of drug-likeness (QED) is 0.625. The van der Waals surface area contributed by atoms with Gasteiger partial charge < -0.3 is 4.74 Å². The van der Waals surface area contributed by atoms with E-state index in [-0.39, 0.29) is 0 Å². The largest absolute Gasteiger partial charge is 0.369 e. The van der Waals surface area contributed by atoms with Crippen molar-refractivity contribution in [2.45, 2.75) is 20.0 Å². The topological polar surface area (TPSA) is 29.5 Å². The summed E-state index contributed by atoms with van der Waals surface area (Å²) in [6.07, 6.45) is -0.569. The molecule has 0 aromatic carbocycles. The van der Waals surface area contributed by atoms with E-state index < -0.39 is 12.0 Å². The average molecular weight is 186 g/mol. The van der Waals surface area contributed by atoms with Crippen molar-refractivity contribution in [2.75, 3.05) is 6.61 Å². The number of hydrogen-bond donors (Lipinski definition) is 0. The Kier molecular flexibility index (Phi) is 4.77. The van der Waals surface area contributed by atoms with Crippen LogP contribution in [-0.2, 0) is 9.53 Å². The highest BCUT2D eigenvalue weighted by molar-refractivity contribution is 6.41. The Bertz CT molecular complexity index is 118. The summed E-state index contributed by atoms with van der Waals surface area (Å²) in [5.41, 5.74) is 0. The molecule has 0 aromatic heterocycles. The molecule has 3 nitrogen and oxygen atoms in total. The molecule has 0 spiro atoms. The van der Waals surface area contributed by atoms with Crippen molar-refractivity contribution in [1.82, 2.24) is 3.94 Å². The van der Waals surface area contributed by atoms with Gasteiger partial charge in [0, 0.05) is 30.2 Å². The number of ether oxygens (including phenoxy) is 1. The summed E-state index contributed by atoms with van der Waals surface area (Å²) in [6, 6.07) is 0. The maximum absolute atomic E-state index is 10.8. The molecule has 10 heavy (non-hydrogen) atoms. The Labute approximate surface area is 70.1 Å². The van der Waals surface area contributed by atoms with Crippen molar-refractivity contribution in [1.29, 1.82) is 0 Å². The smallest absolute Gasteiger partial charge is 0.280 e. The van der Waals surface area contributed by atoms with Crippen LogP contribution in [0.15, 0.2) is 0 Å². The van der Waals surface area contributed by atoms with E-state index in [0.717, 1.165) is 0 Å². The van der Waals surface area contributed by atoms with E-state index in [9.17, 15) is 4.79 Å². The first kappa shape index (κ1) is 10.0. The normalized spacial score (nSPS) is 12.8. The van der Waals surface area contributed by atoms with Crippen LogP contribution >= 0.6 is 23.6 Å². The molecule has 0 aromatic rings. The number of hydrogen-bond acceptors (Lipinski definition) is 2. The molecule has 0 rings (SSSR count). The fourth-order valence-corrected chi connectivity index (χ4v) is 0.734. The highest BCUT2D eigenvalue weighted by atomic mass is 35.5. The first-order valence-electron chi connectivity index (χ1n) is 2.86. The average Bonchev–Trinajstić information content (AvgIpc) is 1.87. The molecular weight excluding hydrogens is 177 g/mol. The summed E-state index contributed by atoms with van der Waals surface area (Å²) < 4.78 is 5.38. The van der Waals surface area contributed by atoms with Crippen molar-refractivity contribution in [3.63, 3.8) is 0 Å². The van der Waals surface area contributed by atoms with E-state index in [1.807, 2.05) is 0 Å². The molecule has 0 saturated heterocycles. The molecule has 1 atom stereocenters. The van der Waals surface area contributed by atoms with E-state index in [2.05, 4.69) is 0 Å². The van der Waals surface area contributed by atoms with Gasteiger partial charge in [0.2, 0.25) is 0 Å². The molecule has 0 saturated carbocycles. The second kappa shape index (κ2) is 4.77. The third-order valence-electron chi connectivity index (χ3n) is 0.931. The Hall–Kier alpha value is 0.01000. The van der Waals surface area contributed by atoms with Gasteiger partial charge in [-0.15, -0.1) is 0 Å². The second-order valence-corrected chi connectivity index (χ2v) is 2.52. The molecular formula is C5H9Cl2NO2. The van der Waals surface area contributed by atoms with E-state index in [1.54, 1.807) is 13.8 Å². The fourth-order valence-electron chi connectivity index (χ4n) is 0.459. The van der Waals surface area contributed by atoms with Crippen LogP contribution < -0.4 is 0 Å². The zero-order valence-corrected chi connectivity index (χ0v) is 7.32. The van der Waals surface area contributed by atoms with E-state index >= 15 is 0 Å². The summed E-state index contributed by atoms with van der Waals surface area (Å²) in [5.74, 6) is -0.454. The van der Waals surface area contributed by atoms with Crippen LogP contribution in [0.2, 0.25) is 0 Å². The molecule has 0 heterocycles. The predicted molar refractivity (Wildman–Crippen MR) is 39.6 cm³/mol. The maximum atomic E-state index is 10.8. The van der Waals surface area contributed by atoms with Crippen LogP contribution in [0, 0.1) is 0 Å². The minimum atomic E-state index is -0.569. The number of nitrogens with zero attached hydrogens (tertiary/aromatic N) is 1.